The van der Waals surface area contributed by atoms with Crippen LogP contribution in [0.4, 0.5) is 5.82 Å². The summed E-state index contributed by atoms with van der Waals surface area (Å²) in [6, 6.07) is 0. The molecule has 2 N–H and O–H groups in total. The van der Waals surface area contributed by atoms with E-state index in [0.717, 1.165) is 0 Å². The molecule has 0 radical (unpaired) electrons. The smallest absolute Gasteiger partial charge is 0.346 e. The molecule has 1 heterocycles. The van der Waals surface area contributed by atoms with Crippen LogP contribution in [0.15, 0.2) is 6.20 Å². The molecule has 1 aromatic rings. The molecule has 0 fully saturated rings. The average Bonchev–Trinajstić information content (AvgIpc) is 2.52. The first-order valence-corrected chi connectivity index (χ1v) is 3.78. The molecule has 72 valence electrons. The lowest BCUT2D eigenvalue weighted by atomic mass is 9.87. The van der Waals surface area contributed by atoms with E-state index < -0.39 is 10.3 Å². The summed E-state index contributed by atoms with van der Waals surface area (Å²) in [5.74, 6) is -0.154. The van der Waals surface area contributed by atoms with Crippen LogP contribution in [0.25, 0.3) is 0 Å². The third-order valence-electron chi connectivity index (χ3n) is 1.93. The molecule has 0 aliphatic heterocycles. The molecule has 0 aromatic carbocycles. The molecule has 13 heavy (non-hydrogen) atoms. The summed E-state index contributed by atoms with van der Waals surface area (Å²) < 4.78 is 0. The predicted octanol–water partition coefficient (Wildman–Crippen LogP) is 0.588. The molecule has 0 amide bonds. The Morgan fingerprint density at radius 3 is 2.85 bits per heavy atom. The molecule has 6 heteroatoms. The summed E-state index contributed by atoms with van der Waals surface area (Å²) in [5, 5.41) is 25.4. The fourth-order valence-corrected chi connectivity index (χ4v) is 0.999. The molecule has 1 rings (SSSR count). The van der Waals surface area contributed by atoms with Crippen molar-refractivity contribution in [2.45, 2.75) is 19.3 Å². The van der Waals surface area contributed by atoms with Gasteiger partial charge in [-0.2, -0.15) is 0 Å². The van der Waals surface area contributed by atoms with Gasteiger partial charge in [-0.1, -0.05) is 18.9 Å². The quantitative estimate of drug-likeness (QED) is 0.532. The first kappa shape index (κ1) is 9.66. The van der Waals surface area contributed by atoms with Crippen LogP contribution in [0, 0.1) is 10.1 Å². The second-order valence-electron chi connectivity index (χ2n) is 3.43. The number of nitro groups is 1. The Kier molecular flexibility index (Phi) is 2.33. The largest absolute Gasteiger partial charge is 0.395 e. The number of rotatable bonds is 3. The van der Waals surface area contributed by atoms with Gasteiger partial charge in [-0.05, 0) is 4.92 Å². The number of H-pyrrole nitrogens is 1. The predicted molar refractivity (Wildman–Crippen MR) is 45.4 cm³/mol. The number of aliphatic hydroxyl groups excluding tert-OH is 1. The molecule has 0 saturated carbocycles. The summed E-state index contributed by atoms with van der Waals surface area (Å²) in [6.07, 6.45) is 1.37. The first-order chi connectivity index (χ1) is 5.99. The van der Waals surface area contributed by atoms with Crippen LogP contribution in [0.3, 0.4) is 0 Å². The maximum Gasteiger partial charge on any atom is 0.346 e. The molecule has 0 aliphatic carbocycles. The highest BCUT2D eigenvalue weighted by atomic mass is 16.6. The van der Waals surface area contributed by atoms with Crippen molar-refractivity contribution in [1.29, 1.82) is 0 Å². The van der Waals surface area contributed by atoms with E-state index in [9.17, 15) is 10.1 Å². The fraction of sp³-hybridized carbons (Fsp3) is 0.571. The second kappa shape index (κ2) is 3.14. The van der Waals surface area contributed by atoms with Crippen molar-refractivity contribution in [1.82, 2.24) is 10.2 Å². The molecule has 1 aromatic heterocycles. The standard InChI is InChI=1S/C7H11N3O3/c1-7(2,4-11)5-3-8-9-6(5)10(12)13/h3,11H,4H2,1-2H3,(H,8,9). The molecule has 0 unspecified atom stereocenters. The van der Waals surface area contributed by atoms with Crippen molar-refractivity contribution in [3.05, 3.63) is 21.9 Å². The van der Waals surface area contributed by atoms with Crippen LogP contribution in [-0.4, -0.2) is 26.8 Å². The second-order valence-corrected chi connectivity index (χ2v) is 3.43. The van der Waals surface area contributed by atoms with Crippen molar-refractivity contribution < 1.29 is 10.0 Å². The minimum Gasteiger partial charge on any atom is -0.395 e. The average molecular weight is 185 g/mol. The van der Waals surface area contributed by atoms with Crippen molar-refractivity contribution in [3.8, 4) is 0 Å². The number of nitrogens with zero attached hydrogens (tertiary/aromatic N) is 2. The Labute approximate surface area is 74.7 Å². The molecule has 6 nitrogen and oxygen atoms in total. The number of hydrogen-bond acceptors (Lipinski definition) is 4. The number of aromatic amines is 1. The van der Waals surface area contributed by atoms with Gasteiger partial charge in [0.2, 0.25) is 0 Å². The maximum absolute atomic E-state index is 10.5. The van der Waals surface area contributed by atoms with Crippen LogP contribution in [0.1, 0.15) is 19.4 Å². The van der Waals surface area contributed by atoms with Crippen LogP contribution in [0.2, 0.25) is 0 Å². The highest BCUT2D eigenvalue weighted by molar-refractivity contribution is 5.36. The van der Waals surface area contributed by atoms with E-state index >= 15 is 0 Å². The molecular weight excluding hydrogens is 174 g/mol. The third-order valence-corrected chi connectivity index (χ3v) is 1.93. The van der Waals surface area contributed by atoms with Gasteiger partial charge in [-0.3, -0.25) is 0 Å². The lowest BCUT2D eigenvalue weighted by Crippen LogP contribution is -2.22. The minimum absolute atomic E-state index is 0.154. The fourth-order valence-electron chi connectivity index (χ4n) is 0.999. The van der Waals surface area contributed by atoms with Crippen LogP contribution in [-0.2, 0) is 5.41 Å². The van der Waals surface area contributed by atoms with E-state index in [1.807, 2.05) is 0 Å². The molecule has 0 aliphatic rings. The number of aliphatic hydroxyl groups is 1. The Balaban J connectivity index is 3.14. The SMILES string of the molecule is CC(C)(CO)c1cn[nH]c1[N+](=O)[O-]. The maximum atomic E-state index is 10.5. The summed E-state index contributed by atoms with van der Waals surface area (Å²) in [6.45, 7) is 3.27. The van der Waals surface area contributed by atoms with Gasteiger partial charge in [-0.15, -0.1) is 5.10 Å². The lowest BCUT2D eigenvalue weighted by Gasteiger charge is -2.18. The zero-order chi connectivity index (χ0) is 10.1. The van der Waals surface area contributed by atoms with Crippen LogP contribution in [0.5, 0.6) is 0 Å². The molecule has 0 atom stereocenters. The summed E-state index contributed by atoms with van der Waals surface area (Å²) in [4.78, 5) is 9.96. The van der Waals surface area contributed by atoms with Crippen LogP contribution < -0.4 is 0 Å². The summed E-state index contributed by atoms with van der Waals surface area (Å²) in [5.41, 5.74) is -0.227. The van der Waals surface area contributed by atoms with E-state index in [1.54, 1.807) is 13.8 Å². The van der Waals surface area contributed by atoms with E-state index in [2.05, 4.69) is 10.2 Å². The summed E-state index contributed by atoms with van der Waals surface area (Å²) >= 11 is 0. The Bertz CT molecular complexity index is 319. The molecular formula is C7H11N3O3. The Hall–Kier alpha value is -1.43. The number of hydrogen-bond donors (Lipinski definition) is 2. The van der Waals surface area contributed by atoms with E-state index in [0.29, 0.717) is 5.56 Å². The van der Waals surface area contributed by atoms with Gasteiger partial charge in [0.05, 0.1) is 18.4 Å². The topological polar surface area (TPSA) is 92.1 Å². The van der Waals surface area contributed by atoms with Crippen molar-refractivity contribution in [3.63, 3.8) is 0 Å². The number of aromatic nitrogens is 2. The zero-order valence-corrected chi connectivity index (χ0v) is 7.44. The minimum atomic E-state index is -0.643. The highest BCUT2D eigenvalue weighted by Crippen LogP contribution is 2.28. The highest BCUT2D eigenvalue weighted by Gasteiger charge is 2.29. The van der Waals surface area contributed by atoms with Gasteiger partial charge in [0.25, 0.3) is 0 Å². The summed E-state index contributed by atoms with van der Waals surface area (Å²) in [7, 11) is 0. The monoisotopic (exact) mass is 185 g/mol. The van der Waals surface area contributed by atoms with Gasteiger partial charge in [-0.25, -0.2) is 0 Å². The van der Waals surface area contributed by atoms with Crippen molar-refractivity contribution in [2.24, 2.45) is 0 Å². The molecule has 0 spiro atoms. The normalized spacial score (nSPS) is 11.6. The van der Waals surface area contributed by atoms with Gasteiger partial charge in [0, 0.05) is 5.41 Å². The molecule has 0 bridgehead atoms. The number of nitrogens with one attached hydrogen (secondary N) is 1. The zero-order valence-electron chi connectivity index (χ0n) is 7.44. The van der Waals surface area contributed by atoms with Gasteiger partial charge < -0.3 is 15.2 Å². The van der Waals surface area contributed by atoms with Gasteiger partial charge in [0.15, 0.2) is 0 Å². The van der Waals surface area contributed by atoms with E-state index in [1.165, 1.54) is 6.20 Å². The van der Waals surface area contributed by atoms with Crippen molar-refractivity contribution >= 4 is 5.82 Å². The Morgan fingerprint density at radius 2 is 2.38 bits per heavy atom. The van der Waals surface area contributed by atoms with E-state index in [-0.39, 0.29) is 12.4 Å². The third kappa shape index (κ3) is 1.67. The molecule has 0 saturated heterocycles. The first-order valence-electron chi connectivity index (χ1n) is 3.78. The van der Waals surface area contributed by atoms with Gasteiger partial charge >= 0.3 is 5.82 Å². The van der Waals surface area contributed by atoms with Crippen molar-refractivity contribution in [2.75, 3.05) is 6.61 Å². The van der Waals surface area contributed by atoms with E-state index in [4.69, 9.17) is 5.11 Å². The Morgan fingerprint density at radius 1 is 1.77 bits per heavy atom. The lowest BCUT2D eigenvalue weighted by molar-refractivity contribution is -0.390. The van der Waals surface area contributed by atoms with Crippen LogP contribution >= 0.6 is 0 Å². The van der Waals surface area contributed by atoms with Gasteiger partial charge in [0.1, 0.15) is 0 Å².